The van der Waals surface area contributed by atoms with E-state index < -0.39 is 0 Å². The van der Waals surface area contributed by atoms with Crippen molar-refractivity contribution in [3.05, 3.63) is 52.6 Å². The third kappa shape index (κ3) is 3.97. The van der Waals surface area contributed by atoms with Crippen LogP contribution in [0, 0.1) is 0 Å². The molecule has 0 amide bonds. The second-order valence-electron chi connectivity index (χ2n) is 7.19. The first-order valence-corrected chi connectivity index (χ1v) is 11.8. The van der Waals surface area contributed by atoms with Gasteiger partial charge in [0.25, 0.3) is 0 Å². The molecule has 1 saturated heterocycles. The second kappa shape index (κ2) is 8.30. The molecule has 1 unspecified atom stereocenters. The van der Waals surface area contributed by atoms with Crippen LogP contribution in [0.15, 0.2) is 47.2 Å². The average molecular weight is 426 g/mol. The van der Waals surface area contributed by atoms with Crippen LogP contribution in [0.1, 0.15) is 30.3 Å². The third-order valence-corrected chi connectivity index (χ3v) is 7.23. The molecule has 5 rings (SSSR count). The summed E-state index contributed by atoms with van der Waals surface area (Å²) in [6, 6.07) is 8.28. The molecule has 1 aliphatic heterocycles. The number of nitrogens with zero attached hydrogens (tertiary/aromatic N) is 5. The third-order valence-electron chi connectivity index (χ3n) is 5.15. The van der Waals surface area contributed by atoms with Crippen molar-refractivity contribution in [2.45, 2.75) is 49.7 Å². The van der Waals surface area contributed by atoms with Gasteiger partial charge in [0, 0.05) is 40.6 Å². The summed E-state index contributed by atoms with van der Waals surface area (Å²) < 4.78 is 10.2. The Kier molecular flexibility index (Phi) is 5.39. The van der Waals surface area contributed by atoms with E-state index in [1.54, 1.807) is 23.1 Å². The summed E-state index contributed by atoms with van der Waals surface area (Å²) in [5.74, 6) is 1.70. The van der Waals surface area contributed by atoms with Crippen molar-refractivity contribution in [3.8, 4) is 11.4 Å². The zero-order valence-electron chi connectivity index (χ0n) is 16.3. The van der Waals surface area contributed by atoms with Crippen molar-refractivity contribution in [2.75, 3.05) is 6.61 Å². The van der Waals surface area contributed by atoms with Crippen molar-refractivity contribution >= 4 is 28.7 Å². The Balaban J connectivity index is 1.41. The lowest BCUT2D eigenvalue weighted by atomic mass is 10.2. The van der Waals surface area contributed by atoms with E-state index in [1.165, 1.54) is 4.88 Å². The minimum atomic E-state index is 0.239. The smallest absolute Gasteiger partial charge is 0.191 e. The van der Waals surface area contributed by atoms with Gasteiger partial charge in [-0.3, -0.25) is 4.57 Å². The highest BCUT2D eigenvalue weighted by atomic mass is 32.2. The maximum Gasteiger partial charge on any atom is 0.191 e. The summed E-state index contributed by atoms with van der Waals surface area (Å²) in [6.45, 7) is 3.83. The molecule has 4 aromatic heterocycles. The molecule has 1 atom stereocenters. The van der Waals surface area contributed by atoms with Crippen LogP contribution >= 0.6 is 23.1 Å². The number of thioether (sulfide) groups is 1. The summed E-state index contributed by atoms with van der Waals surface area (Å²) in [5.41, 5.74) is 3.16. The number of rotatable bonds is 7. The number of ether oxygens (including phenoxy) is 1. The van der Waals surface area contributed by atoms with Crippen LogP contribution in [0.25, 0.3) is 17.0 Å². The minimum absolute atomic E-state index is 0.239. The maximum atomic E-state index is 5.90. The number of imidazole rings is 1. The normalized spacial score (nSPS) is 16.8. The van der Waals surface area contributed by atoms with E-state index in [-0.39, 0.29) is 6.10 Å². The van der Waals surface area contributed by atoms with Gasteiger partial charge in [-0.25, -0.2) is 4.98 Å². The van der Waals surface area contributed by atoms with Crippen molar-refractivity contribution in [1.29, 1.82) is 0 Å². The molecule has 1 aliphatic rings. The molecular weight excluding hydrogens is 402 g/mol. The summed E-state index contributed by atoms with van der Waals surface area (Å²) in [7, 11) is 0. The Labute approximate surface area is 178 Å². The molecule has 29 heavy (non-hydrogen) atoms. The van der Waals surface area contributed by atoms with Crippen LogP contribution < -0.4 is 0 Å². The van der Waals surface area contributed by atoms with Gasteiger partial charge in [0.05, 0.1) is 18.3 Å². The number of fused-ring (bicyclic) bond motifs is 1. The molecule has 8 heteroatoms. The predicted octanol–water partition coefficient (Wildman–Crippen LogP) is 4.69. The number of pyridine rings is 1. The van der Waals surface area contributed by atoms with Crippen molar-refractivity contribution in [1.82, 2.24) is 24.1 Å². The summed E-state index contributed by atoms with van der Waals surface area (Å²) in [6.07, 6.45) is 7.61. The van der Waals surface area contributed by atoms with Crippen molar-refractivity contribution < 1.29 is 4.74 Å². The van der Waals surface area contributed by atoms with E-state index >= 15 is 0 Å². The molecule has 6 nitrogen and oxygen atoms in total. The molecule has 0 aromatic carbocycles. The first kappa shape index (κ1) is 18.8. The second-order valence-corrected chi connectivity index (χ2v) is 9.13. The van der Waals surface area contributed by atoms with Crippen LogP contribution in [-0.2, 0) is 23.5 Å². The minimum Gasteiger partial charge on any atom is -0.376 e. The van der Waals surface area contributed by atoms with Gasteiger partial charge < -0.3 is 9.14 Å². The molecule has 5 heterocycles. The highest BCUT2D eigenvalue weighted by Gasteiger charge is 2.22. The van der Waals surface area contributed by atoms with Gasteiger partial charge in [0.15, 0.2) is 11.0 Å². The molecule has 150 valence electrons. The first-order valence-electron chi connectivity index (χ1n) is 9.98. The topological polar surface area (TPSA) is 57.2 Å². The number of hydrogen-bond acceptors (Lipinski definition) is 6. The van der Waals surface area contributed by atoms with Gasteiger partial charge in [-0.1, -0.05) is 24.8 Å². The fraction of sp³-hybridized carbons (Fsp3) is 0.381. The Morgan fingerprint density at radius 1 is 1.31 bits per heavy atom. The van der Waals surface area contributed by atoms with Crippen LogP contribution in [0.3, 0.4) is 0 Å². The molecule has 1 fully saturated rings. The molecule has 0 bridgehead atoms. The Morgan fingerprint density at radius 3 is 3.07 bits per heavy atom. The zero-order chi connectivity index (χ0) is 19.6. The van der Waals surface area contributed by atoms with Crippen LogP contribution in [-0.4, -0.2) is 36.9 Å². The number of aryl methyl sites for hydroxylation is 1. The van der Waals surface area contributed by atoms with E-state index in [0.717, 1.165) is 66.1 Å². The van der Waals surface area contributed by atoms with Gasteiger partial charge in [-0.15, -0.1) is 21.5 Å². The molecule has 0 saturated carbocycles. The van der Waals surface area contributed by atoms with E-state index in [4.69, 9.17) is 9.72 Å². The number of aromatic nitrogens is 5. The Hall–Kier alpha value is -2.16. The van der Waals surface area contributed by atoms with Gasteiger partial charge in [-0.05, 0) is 37.5 Å². The van der Waals surface area contributed by atoms with E-state index in [0.29, 0.717) is 0 Å². The molecule has 0 N–H and O–H groups in total. The van der Waals surface area contributed by atoms with E-state index in [1.807, 2.05) is 24.4 Å². The largest absolute Gasteiger partial charge is 0.376 e. The summed E-state index contributed by atoms with van der Waals surface area (Å²) >= 11 is 3.47. The number of hydrogen-bond donors (Lipinski definition) is 0. The number of thiophene rings is 1. The van der Waals surface area contributed by atoms with Crippen molar-refractivity contribution in [3.63, 3.8) is 0 Å². The molecule has 0 aliphatic carbocycles. The highest BCUT2D eigenvalue weighted by molar-refractivity contribution is 7.98. The monoisotopic (exact) mass is 425 g/mol. The lowest BCUT2D eigenvalue weighted by Crippen LogP contribution is -2.16. The maximum absolute atomic E-state index is 5.90. The Morgan fingerprint density at radius 2 is 2.28 bits per heavy atom. The average Bonchev–Trinajstić information content (AvgIpc) is 3.52. The molecule has 4 aromatic rings. The van der Waals surface area contributed by atoms with Gasteiger partial charge in [0.2, 0.25) is 0 Å². The van der Waals surface area contributed by atoms with Crippen LogP contribution in [0.5, 0.6) is 0 Å². The molecule has 0 spiro atoms. The molecular formula is C21H23N5OS2. The van der Waals surface area contributed by atoms with Crippen LogP contribution in [0.4, 0.5) is 0 Å². The zero-order valence-corrected chi connectivity index (χ0v) is 18.0. The Bertz CT molecular complexity index is 1080. The quantitative estimate of drug-likeness (QED) is 0.402. The van der Waals surface area contributed by atoms with Gasteiger partial charge in [0.1, 0.15) is 5.65 Å². The summed E-state index contributed by atoms with van der Waals surface area (Å²) in [4.78, 5) is 6.07. The standard InChI is InChI=1S/C21H23N5OS2/c1-2-18-10-15(13-28-18)20-23-24-21(26(20)12-17-6-5-9-27-17)29-14-16-11-25-8-4-3-7-19(25)22-16/h3-4,7-8,10-11,13,17H,2,5-6,9,12,14H2,1H3. The lowest BCUT2D eigenvalue weighted by Gasteiger charge is -2.14. The van der Waals surface area contributed by atoms with Gasteiger partial charge >= 0.3 is 0 Å². The fourth-order valence-corrected chi connectivity index (χ4v) is 5.29. The summed E-state index contributed by atoms with van der Waals surface area (Å²) in [5, 5.41) is 12.2. The predicted molar refractivity (Wildman–Crippen MR) is 116 cm³/mol. The lowest BCUT2D eigenvalue weighted by molar-refractivity contribution is 0.0953. The highest BCUT2D eigenvalue weighted by Crippen LogP contribution is 2.30. The van der Waals surface area contributed by atoms with E-state index in [9.17, 15) is 0 Å². The van der Waals surface area contributed by atoms with Gasteiger partial charge in [-0.2, -0.15) is 0 Å². The first-order chi connectivity index (χ1) is 14.3. The fourth-order valence-electron chi connectivity index (χ4n) is 3.64. The van der Waals surface area contributed by atoms with E-state index in [2.05, 4.69) is 43.7 Å². The van der Waals surface area contributed by atoms with Crippen molar-refractivity contribution in [2.24, 2.45) is 0 Å². The SMILES string of the molecule is CCc1cc(-c2nnc(SCc3cn4ccccc4n3)n2CC2CCCO2)cs1. The molecule has 0 radical (unpaired) electrons. The van der Waals surface area contributed by atoms with Crippen LogP contribution in [0.2, 0.25) is 0 Å².